The number of hydrogen-bond donors (Lipinski definition) is 0. The molecular formula is C9H16ClF3O3S. The van der Waals surface area contributed by atoms with Crippen molar-refractivity contribution in [3.63, 3.8) is 0 Å². The van der Waals surface area contributed by atoms with Gasteiger partial charge >= 0.3 is 6.18 Å². The van der Waals surface area contributed by atoms with E-state index in [9.17, 15) is 21.6 Å². The van der Waals surface area contributed by atoms with E-state index in [1.807, 2.05) is 0 Å². The Morgan fingerprint density at radius 1 is 1.24 bits per heavy atom. The second-order valence-corrected chi connectivity index (χ2v) is 6.88. The first-order chi connectivity index (χ1) is 7.52. The third-order valence-electron chi connectivity index (χ3n) is 2.29. The maximum absolute atomic E-state index is 12.1. The average Bonchev–Trinajstić information content (AvgIpc) is 2.12. The standard InChI is InChI=1S/C9H16ClF3O3S/c1-7(4-6-17(10,14)15)3-5-16-8(2)9(11,12)13/h7-8H,3-6H2,1-2H3. The molecule has 0 bridgehead atoms. The quantitative estimate of drug-likeness (QED) is 0.678. The summed E-state index contributed by atoms with van der Waals surface area (Å²) in [6.45, 7) is 2.63. The SMILES string of the molecule is CC(CCOC(C)C(F)(F)F)CCS(=O)(=O)Cl. The molecular weight excluding hydrogens is 281 g/mol. The van der Waals surface area contributed by atoms with Crippen LogP contribution in [0.2, 0.25) is 0 Å². The van der Waals surface area contributed by atoms with Gasteiger partial charge in [-0.3, -0.25) is 0 Å². The Kier molecular flexibility index (Phi) is 6.79. The molecule has 0 amide bonds. The molecule has 0 fully saturated rings. The fourth-order valence-electron chi connectivity index (χ4n) is 1.03. The fraction of sp³-hybridized carbons (Fsp3) is 1.00. The zero-order valence-corrected chi connectivity index (χ0v) is 11.2. The van der Waals surface area contributed by atoms with Crippen LogP contribution in [0, 0.1) is 5.92 Å². The molecule has 0 heterocycles. The summed E-state index contributed by atoms with van der Waals surface area (Å²) in [7, 11) is 1.48. The van der Waals surface area contributed by atoms with Gasteiger partial charge in [0.15, 0.2) is 6.10 Å². The van der Waals surface area contributed by atoms with Crippen LogP contribution in [0.15, 0.2) is 0 Å². The molecule has 0 aliphatic rings. The van der Waals surface area contributed by atoms with Gasteiger partial charge in [0.2, 0.25) is 9.05 Å². The minimum Gasteiger partial charge on any atom is -0.369 e. The second-order valence-electron chi connectivity index (χ2n) is 3.98. The monoisotopic (exact) mass is 296 g/mol. The van der Waals surface area contributed by atoms with Crippen LogP contribution >= 0.6 is 10.7 Å². The number of rotatable bonds is 7. The van der Waals surface area contributed by atoms with E-state index in [-0.39, 0.29) is 18.3 Å². The number of hydrogen-bond acceptors (Lipinski definition) is 3. The van der Waals surface area contributed by atoms with E-state index in [1.165, 1.54) is 0 Å². The predicted octanol–water partition coefficient (Wildman–Crippen LogP) is 2.94. The first kappa shape index (κ1) is 17.0. The van der Waals surface area contributed by atoms with Gasteiger partial charge in [-0.15, -0.1) is 0 Å². The lowest BCUT2D eigenvalue weighted by Gasteiger charge is -2.17. The van der Waals surface area contributed by atoms with Crippen molar-refractivity contribution in [3.8, 4) is 0 Å². The molecule has 3 nitrogen and oxygen atoms in total. The molecule has 0 N–H and O–H groups in total. The molecule has 17 heavy (non-hydrogen) atoms. The Hall–Kier alpha value is -0.0100. The molecule has 0 rings (SSSR count). The van der Waals surface area contributed by atoms with Crippen molar-refractivity contribution in [2.45, 2.75) is 39.0 Å². The van der Waals surface area contributed by atoms with E-state index in [0.29, 0.717) is 12.8 Å². The molecule has 0 saturated carbocycles. The average molecular weight is 297 g/mol. The molecule has 8 heteroatoms. The highest BCUT2D eigenvalue weighted by Crippen LogP contribution is 2.23. The molecule has 2 unspecified atom stereocenters. The van der Waals surface area contributed by atoms with Gasteiger partial charge in [0.25, 0.3) is 0 Å². The zero-order valence-electron chi connectivity index (χ0n) is 9.63. The molecule has 0 aliphatic carbocycles. The van der Waals surface area contributed by atoms with E-state index >= 15 is 0 Å². The molecule has 0 spiro atoms. The number of halogens is 4. The van der Waals surface area contributed by atoms with E-state index < -0.39 is 21.3 Å². The summed E-state index contributed by atoms with van der Waals surface area (Å²) < 4.78 is 62.0. The van der Waals surface area contributed by atoms with E-state index in [4.69, 9.17) is 10.7 Å². The van der Waals surface area contributed by atoms with E-state index in [2.05, 4.69) is 4.74 Å². The molecule has 2 atom stereocenters. The Morgan fingerprint density at radius 3 is 2.18 bits per heavy atom. The predicted molar refractivity (Wildman–Crippen MR) is 59.5 cm³/mol. The summed E-state index contributed by atoms with van der Waals surface area (Å²) in [5.74, 6) is -0.228. The topological polar surface area (TPSA) is 43.4 Å². The summed E-state index contributed by atoms with van der Waals surface area (Å²) in [5, 5.41) is 0. The molecule has 0 aliphatic heterocycles. The maximum atomic E-state index is 12.1. The van der Waals surface area contributed by atoms with E-state index in [1.54, 1.807) is 6.92 Å². The summed E-state index contributed by atoms with van der Waals surface area (Å²) in [4.78, 5) is 0. The second kappa shape index (κ2) is 6.80. The van der Waals surface area contributed by atoms with Crippen molar-refractivity contribution in [1.82, 2.24) is 0 Å². The molecule has 0 aromatic heterocycles. The summed E-state index contributed by atoms with van der Waals surface area (Å²) in [6, 6.07) is 0. The molecule has 0 radical (unpaired) electrons. The van der Waals surface area contributed by atoms with Gasteiger partial charge in [0, 0.05) is 17.3 Å². The minimum absolute atomic E-state index is 0.0514. The van der Waals surface area contributed by atoms with Crippen LogP contribution in [-0.4, -0.2) is 33.1 Å². The summed E-state index contributed by atoms with van der Waals surface area (Å²) in [5.41, 5.74) is 0. The summed E-state index contributed by atoms with van der Waals surface area (Å²) in [6.07, 6.45) is -5.48. The Bertz CT molecular complexity index is 316. The minimum atomic E-state index is -4.36. The third kappa shape index (κ3) is 9.67. The normalized spacial score (nSPS) is 16.8. The van der Waals surface area contributed by atoms with Crippen molar-refractivity contribution >= 4 is 19.7 Å². The van der Waals surface area contributed by atoms with Gasteiger partial charge in [0.05, 0.1) is 5.75 Å². The largest absolute Gasteiger partial charge is 0.414 e. The van der Waals surface area contributed by atoms with Crippen LogP contribution in [0.1, 0.15) is 26.7 Å². The van der Waals surface area contributed by atoms with Gasteiger partial charge in [0.1, 0.15) is 0 Å². The highest BCUT2D eigenvalue weighted by atomic mass is 35.7. The van der Waals surface area contributed by atoms with Crippen LogP contribution in [0.4, 0.5) is 13.2 Å². The van der Waals surface area contributed by atoms with Crippen LogP contribution in [0.3, 0.4) is 0 Å². The van der Waals surface area contributed by atoms with Crippen LogP contribution < -0.4 is 0 Å². The third-order valence-corrected chi connectivity index (χ3v) is 3.48. The van der Waals surface area contributed by atoms with Crippen molar-refractivity contribution in [2.24, 2.45) is 5.92 Å². The van der Waals surface area contributed by atoms with Gasteiger partial charge in [-0.2, -0.15) is 13.2 Å². The lowest BCUT2D eigenvalue weighted by Crippen LogP contribution is -2.29. The fourth-order valence-corrected chi connectivity index (χ4v) is 1.98. The van der Waals surface area contributed by atoms with E-state index in [0.717, 1.165) is 6.92 Å². The van der Waals surface area contributed by atoms with Gasteiger partial charge in [-0.1, -0.05) is 6.92 Å². The Labute approximate surface area is 104 Å². The van der Waals surface area contributed by atoms with Gasteiger partial charge < -0.3 is 4.74 Å². The highest BCUT2D eigenvalue weighted by molar-refractivity contribution is 8.13. The molecule has 0 saturated heterocycles. The zero-order chi connectivity index (χ0) is 13.7. The first-order valence-electron chi connectivity index (χ1n) is 5.13. The van der Waals surface area contributed by atoms with Crippen molar-refractivity contribution in [3.05, 3.63) is 0 Å². The molecule has 0 aromatic carbocycles. The van der Waals surface area contributed by atoms with Crippen molar-refractivity contribution < 1.29 is 26.3 Å². The van der Waals surface area contributed by atoms with Crippen LogP contribution in [0.5, 0.6) is 0 Å². The van der Waals surface area contributed by atoms with Crippen LogP contribution in [-0.2, 0) is 13.8 Å². The van der Waals surface area contributed by atoms with Crippen molar-refractivity contribution in [2.75, 3.05) is 12.4 Å². The van der Waals surface area contributed by atoms with Gasteiger partial charge in [-0.25, -0.2) is 8.42 Å². The Morgan fingerprint density at radius 2 is 1.76 bits per heavy atom. The molecule has 0 aromatic rings. The highest BCUT2D eigenvalue weighted by Gasteiger charge is 2.36. The van der Waals surface area contributed by atoms with Gasteiger partial charge in [-0.05, 0) is 25.7 Å². The van der Waals surface area contributed by atoms with Crippen LogP contribution in [0.25, 0.3) is 0 Å². The number of ether oxygens (including phenoxy) is 1. The van der Waals surface area contributed by atoms with Crippen molar-refractivity contribution in [1.29, 1.82) is 0 Å². The number of alkyl halides is 3. The Balaban J connectivity index is 3.76. The smallest absolute Gasteiger partial charge is 0.369 e. The maximum Gasteiger partial charge on any atom is 0.414 e. The lowest BCUT2D eigenvalue weighted by atomic mass is 10.1. The molecule has 104 valence electrons. The lowest BCUT2D eigenvalue weighted by molar-refractivity contribution is -0.214. The first-order valence-corrected chi connectivity index (χ1v) is 7.61. The summed E-state index contributed by atoms with van der Waals surface area (Å²) >= 11 is 0.